The molecule has 0 radical (unpaired) electrons. The minimum absolute atomic E-state index is 0.353. The molecular weight excluding hydrogens is 258 g/mol. The molecule has 3 rings (SSSR count). The molecule has 1 atom stereocenters. The Morgan fingerprint density at radius 2 is 2.00 bits per heavy atom. The number of hydrogen-bond acceptors (Lipinski definition) is 3. The van der Waals surface area contributed by atoms with Crippen LogP contribution in [-0.4, -0.2) is 22.2 Å². The van der Waals surface area contributed by atoms with Crippen LogP contribution >= 0.6 is 0 Å². The van der Waals surface area contributed by atoms with Crippen molar-refractivity contribution >= 4 is 5.71 Å². The van der Waals surface area contributed by atoms with Crippen LogP contribution in [0, 0.1) is 0 Å². The van der Waals surface area contributed by atoms with Crippen molar-refractivity contribution in [2.24, 2.45) is 5.10 Å². The Balaban J connectivity index is 1.85. The maximum absolute atomic E-state index is 4.89. The van der Waals surface area contributed by atoms with Crippen molar-refractivity contribution in [1.29, 1.82) is 0 Å². The van der Waals surface area contributed by atoms with Gasteiger partial charge in [-0.25, -0.2) is 0 Å². The molecular formula is C18H21N3. The topological polar surface area (TPSA) is 28.5 Å². The van der Waals surface area contributed by atoms with Gasteiger partial charge in [-0.05, 0) is 43.4 Å². The molecule has 1 saturated heterocycles. The highest BCUT2D eigenvalue weighted by Crippen LogP contribution is 2.30. The number of pyridine rings is 1. The van der Waals surface area contributed by atoms with Crippen molar-refractivity contribution in [3.8, 4) is 0 Å². The van der Waals surface area contributed by atoms with E-state index in [4.69, 9.17) is 5.10 Å². The first-order valence-corrected chi connectivity index (χ1v) is 7.62. The highest BCUT2D eigenvalue weighted by molar-refractivity contribution is 5.98. The molecule has 0 N–H and O–H groups in total. The number of aromatic nitrogens is 1. The average molecular weight is 279 g/mol. The smallest absolute Gasteiger partial charge is 0.0734 e. The molecule has 0 bridgehead atoms. The summed E-state index contributed by atoms with van der Waals surface area (Å²) in [5.41, 5.74) is 3.53. The predicted octanol–water partition coefficient (Wildman–Crippen LogP) is 4.03. The first-order valence-electron chi connectivity index (χ1n) is 7.62. The Kier molecular flexibility index (Phi) is 4.29. The maximum Gasteiger partial charge on any atom is 0.0734 e. The van der Waals surface area contributed by atoms with Crippen molar-refractivity contribution in [3.63, 3.8) is 0 Å². The lowest BCUT2D eigenvalue weighted by Crippen LogP contribution is -2.30. The third kappa shape index (κ3) is 3.30. The summed E-state index contributed by atoms with van der Waals surface area (Å²) in [6, 6.07) is 14.9. The first kappa shape index (κ1) is 13.8. The SMILES string of the molecule is CC(=NN1CCCCC1c1cccnc1)c1ccccc1. The van der Waals surface area contributed by atoms with Crippen molar-refractivity contribution in [2.45, 2.75) is 32.2 Å². The van der Waals surface area contributed by atoms with Crippen LogP contribution in [0.5, 0.6) is 0 Å². The number of piperidine rings is 1. The Bertz CT molecular complexity index is 592. The van der Waals surface area contributed by atoms with Crippen LogP contribution in [0.25, 0.3) is 0 Å². The van der Waals surface area contributed by atoms with Crippen LogP contribution in [0.4, 0.5) is 0 Å². The molecule has 1 aromatic carbocycles. The summed E-state index contributed by atoms with van der Waals surface area (Å²) in [6.07, 6.45) is 7.42. The normalized spacial score (nSPS) is 19.6. The standard InChI is InChI=1S/C18H21N3/c1-15(16-8-3-2-4-9-16)20-21-13-6-5-11-18(21)17-10-7-12-19-14-17/h2-4,7-10,12,14,18H,5-6,11,13H2,1H3. The lowest BCUT2D eigenvalue weighted by Gasteiger charge is -2.34. The molecule has 1 fully saturated rings. The largest absolute Gasteiger partial charge is 0.289 e. The zero-order valence-electron chi connectivity index (χ0n) is 12.4. The van der Waals surface area contributed by atoms with Crippen LogP contribution in [0.1, 0.15) is 43.4 Å². The van der Waals surface area contributed by atoms with Crippen molar-refractivity contribution in [2.75, 3.05) is 6.54 Å². The lowest BCUT2D eigenvalue weighted by atomic mass is 9.98. The van der Waals surface area contributed by atoms with E-state index < -0.39 is 0 Å². The van der Waals surface area contributed by atoms with Gasteiger partial charge in [0.25, 0.3) is 0 Å². The van der Waals surface area contributed by atoms with Crippen LogP contribution in [0.2, 0.25) is 0 Å². The van der Waals surface area contributed by atoms with Gasteiger partial charge in [0.05, 0.1) is 11.8 Å². The van der Waals surface area contributed by atoms with Crippen molar-refractivity contribution < 1.29 is 0 Å². The van der Waals surface area contributed by atoms with Crippen molar-refractivity contribution in [1.82, 2.24) is 9.99 Å². The molecule has 2 aromatic rings. The summed E-state index contributed by atoms with van der Waals surface area (Å²) in [5, 5.41) is 7.13. The minimum atomic E-state index is 0.353. The molecule has 3 heteroatoms. The highest BCUT2D eigenvalue weighted by Gasteiger charge is 2.23. The second-order valence-corrected chi connectivity index (χ2v) is 5.51. The summed E-state index contributed by atoms with van der Waals surface area (Å²) in [6.45, 7) is 3.11. The lowest BCUT2D eigenvalue weighted by molar-refractivity contribution is 0.155. The molecule has 0 aliphatic carbocycles. The molecule has 3 nitrogen and oxygen atoms in total. The number of hydrogen-bond donors (Lipinski definition) is 0. The van der Waals surface area contributed by atoms with Gasteiger partial charge in [-0.15, -0.1) is 0 Å². The van der Waals surface area contributed by atoms with Crippen LogP contribution < -0.4 is 0 Å². The van der Waals surface area contributed by atoms with Gasteiger partial charge in [-0.1, -0.05) is 36.4 Å². The van der Waals surface area contributed by atoms with E-state index >= 15 is 0 Å². The molecule has 21 heavy (non-hydrogen) atoms. The van der Waals surface area contributed by atoms with Gasteiger partial charge in [-0.2, -0.15) is 5.10 Å². The van der Waals surface area contributed by atoms with E-state index in [2.05, 4.69) is 47.2 Å². The highest BCUT2D eigenvalue weighted by atomic mass is 15.5. The van der Waals surface area contributed by atoms with E-state index in [9.17, 15) is 0 Å². The first-order chi connectivity index (χ1) is 10.3. The van der Waals surface area contributed by atoms with E-state index in [1.165, 1.54) is 24.0 Å². The molecule has 1 unspecified atom stereocenters. The fraction of sp³-hybridized carbons (Fsp3) is 0.333. The predicted molar refractivity (Wildman–Crippen MR) is 86.2 cm³/mol. The molecule has 1 aromatic heterocycles. The third-order valence-corrected chi connectivity index (χ3v) is 4.01. The third-order valence-electron chi connectivity index (χ3n) is 4.01. The number of benzene rings is 1. The van der Waals surface area contributed by atoms with Gasteiger partial charge in [0.15, 0.2) is 0 Å². The van der Waals surface area contributed by atoms with Crippen molar-refractivity contribution in [3.05, 3.63) is 66.0 Å². The van der Waals surface area contributed by atoms with E-state index in [-0.39, 0.29) is 0 Å². The maximum atomic E-state index is 4.89. The van der Waals surface area contributed by atoms with Crippen LogP contribution in [-0.2, 0) is 0 Å². The van der Waals surface area contributed by atoms with Gasteiger partial charge in [0.1, 0.15) is 0 Å². The Morgan fingerprint density at radius 1 is 1.14 bits per heavy atom. The number of rotatable bonds is 3. The Morgan fingerprint density at radius 3 is 2.76 bits per heavy atom. The Hall–Kier alpha value is -2.16. The molecule has 0 saturated carbocycles. The second kappa shape index (κ2) is 6.53. The zero-order valence-corrected chi connectivity index (χ0v) is 12.4. The van der Waals surface area contributed by atoms with Gasteiger partial charge < -0.3 is 0 Å². The molecule has 0 amide bonds. The molecule has 108 valence electrons. The minimum Gasteiger partial charge on any atom is -0.289 e. The molecule has 1 aliphatic rings. The van der Waals surface area contributed by atoms with E-state index in [1.807, 2.05) is 24.5 Å². The van der Waals surface area contributed by atoms with Gasteiger partial charge in [-0.3, -0.25) is 9.99 Å². The molecule has 0 spiro atoms. The number of hydrazone groups is 1. The van der Waals surface area contributed by atoms with E-state index in [1.54, 1.807) is 0 Å². The van der Waals surface area contributed by atoms with E-state index in [0.717, 1.165) is 18.7 Å². The summed E-state index contributed by atoms with van der Waals surface area (Å²) in [7, 11) is 0. The van der Waals surface area contributed by atoms with Gasteiger partial charge in [0, 0.05) is 18.9 Å². The molecule has 2 heterocycles. The second-order valence-electron chi connectivity index (χ2n) is 5.51. The fourth-order valence-electron chi connectivity index (χ4n) is 2.88. The number of nitrogens with zero attached hydrogens (tertiary/aromatic N) is 3. The summed E-state index contributed by atoms with van der Waals surface area (Å²) < 4.78 is 0. The Labute approximate surface area is 126 Å². The van der Waals surface area contributed by atoms with E-state index in [0.29, 0.717) is 6.04 Å². The van der Waals surface area contributed by atoms with Crippen LogP contribution in [0.3, 0.4) is 0 Å². The van der Waals surface area contributed by atoms with Crippen LogP contribution in [0.15, 0.2) is 60.0 Å². The van der Waals surface area contributed by atoms with Gasteiger partial charge >= 0.3 is 0 Å². The fourth-order valence-corrected chi connectivity index (χ4v) is 2.88. The van der Waals surface area contributed by atoms with Gasteiger partial charge in [0.2, 0.25) is 0 Å². The quantitative estimate of drug-likeness (QED) is 0.793. The average Bonchev–Trinajstić information content (AvgIpc) is 2.57. The monoisotopic (exact) mass is 279 g/mol. The molecule has 1 aliphatic heterocycles. The summed E-state index contributed by atoms with van der Waals surface area (Å²) in [4.78, 5) is 4.26. The zero-order chi connectivity index (χ0) is 14.5. The summed E-state index contributed by atoms with van der Waals surface area (Å²) in [5.74, 6) is 0. The summed E-state index contributed by atoms with van der Waals surface area (Å²) >= 11 is 0.